The fraction of sp³-hybridized carbons (Fsp3) is 0.438. The van der Waals surface area contributed by atoms with Gasteiger partial charge < -0.3 is 14.8 Å². The predicted octanol–water partition coefficient (Wildman–Crippen LogP) is 2.75. The van der Waals surface area contributed by atoms with Gasteiger partial charge in [0.25, 0.3) is 5.91 Å². The number of carbonyl (C=O) groups is 1. The van der Waals surface area contributed by atoms with E-state index in [2.05, 4.69) is 21.3 Å². The van der Waals surface area contributed by atoms with E-state index in [-0.39, 0.29) is 5.91 Å². The molecule has 0 aliphatic carbocycles. The van der Waals surface area contributed by atoms with Gasteiger partial charge in [-0.2, -0.15) is 11.3 Å². The maximum Gasteiger partial charge on any atom is 0.270 e. The first-order valence-corrected chi connectivity index (χ1v) is 8.34. The second-order valence-electron chi connectivity index (χ2n) is 5.57. The molecule has 0 bridgehead atoms. The number of thiophene rings is 1. The van der Waals surface area contributed by atoms with Crippen LogP contribution >= 0.6 is 11.3 Å². The second-order valence-corrected chi connectivity index (χ2v) is 6.35. The van der Waals surface area contributed by atoms with Crippen molar-refractivity contribution in [2.45, 2.75) is 25.4 Å². The van der Waals surface area contributed by atoms with Crippen molar-refractivity contribution in [1.29, 1.82) is 0 Å². The minimum Gasteiger partial charge on any atom is -0.340 e. The van der Waals surface area contributed by atoms with Gasteiger partial charge in [-0.05, 0) is 60.5 Å². The maximum atomic E-state index is 12.7. The van der Waals surface area contributed by atoms with Crippen LogP contribution in [-0.2, 0) is 6.54 Å². The van der Waals surface area contributed by atoms with Crippen LogP contribution in [-0.4, -0.2) is 35.5 Å². The number of piperidine rings is 1. The van der Waals surface area contributed by atoms with Gasteiger partial charge in [0, 0.05) is 25.8 Å². The summed E-state index contributed by atoms with van der Waals surface area (Å²) in [5, 5.41) is 7.51. The largest absolute Gasteiger partial charge is 0.340 e. The molecule has 3 rings (SSSR count). The Hall–Kier alpha value is -1.59. The summed E-state index contributed by atoms with van der Waals surface area (Å²) in [5.74, 6) is 0.102. The third kappa shape index (κ3) is 3.19. The molecular weight excluding hydrogens is 282 g/mol. The third-order valence-corrected chi connectivity index (χ3v) is 4.78. The first-order chi connectivity index (χ1) is 10.3. The highest BCUT2D eigenvalue weighted by atomic mass is 32.1. The molecule has 1 amide bonds. The first-order valence-electron chi connectivity index (χ1n) is 7.40. The van der Waals surface area contributed by atoms with Crippen LogP contribution in [0.3, 0.4) is 0 Å². The van der Waals surface area contributed by atoms with Crippen LogP contribution in [0.4, 0.5) is 0 Å². The molecular formula is C16H21N3OS. The molecule has 0 spiro atoms. The molecule has 0 saturated carbocycles. The minimum absolute atomic E-state index is 0.102. The minimum atomic E-state index is 0.102. The summed E-state index contributed by atoms with van der Waals surface area (Å²) in [5.41, 5.74) is 2.00. The number of nitrogens with zero attached hydrogens (tertiary/aromatic N) is 2. The maximum absolute atomic E-state index is 12.7. The highest BCUT2D eigenvalue weighted by molar-refractivity contribution is 7.07. The third-order valence-electron chi connectivity index (χ3n) is 4.05. The molecule has 2 aromatic rings. The number of hydrogen-bond acceptors (Lipinski definition) is 3. The fourth-order valence-corrected chi connectivity index (χ4v) is 3.56. The first kappa shape index (κ1) is 14.4. The predicted molar refractivity (Wildman–Crippen MR) is 85.7 cm³/mol. The average Bonchev–Trinajstić information content (AvgIpc) is 3.18. The lowest BCUT2D eigenvalue weighted by molar-refractivity contribution is 0.0770. The number of aromatic nitrogens is 1. The van der Waals surface area contributed by atoms with Crippen LogP contribution in [0.2, 0.25) is 0 Å². The van der Waals surface area contributed by atoms with E-state index >= 15 is 0 Å². The summed E-state index contributed by atoms with van der Waals surface area (Å²) in [4.78, 5) is 14.5. The van der Waals surface area contributed by atoms with Crippen molar-refractivity contribution in [3.63, 3.8) is 0 Å². The molecule has 4 nitrogen and oxygen atoms in total. The van der Waals surface area contributed by atoms with Crippen LogP contribution in [0, 0.1) is 0 Å². The zero-order valence-electron chi connectivity index (χ0n) is 12.3. The van der Waals surface area contributed by atoms with Crippen molar-refractivity contribution in [3.05, 3.63) is 46.4 Å². The summed E-state index contributed by atoms with van der Waals surface area (Å²) < 4.78 is 2.16. The van der Waals surface area contributed by atoms with Crippen LogP contribution in [0.15, 0.2) is 35.2 Å². The Morgan fingerprint density at radius 1 is 1.43 bits per heavy atom. The van der Waals surface area contributed by atoms with E-state index < -0.39 is 0 Å². The van der Waals surface area contributed by atoms with E-state index in [4.69, 9.17) is 0 Å². The van der Waals surface area contributed by atoms with E-state index in [1.54, 1.807) is 16.2 Å². The van der Waals surface area contributed by atoms with Gasteiger partial charge in [-0.3, -0.25) is 4.79 Å². The van der Waals surface area contributed by atoms with Crippen LogP contribution < -0.4 is 5.32 Å². The number of carbonyl (C=O) groups excluding carboxylic acids is 1. The van der Waals surface area contributed by atoms with E-state index in [1.165, 1.54) is 5.56 Å². The molecule has 1 N–H and O–H groups in total. The van der Waals surface area contributed by atoms with Crippen molar-refractivity contribution in [2.24, 2.45) is 0 Å². The van der Waals surface area contributed by atoms with E-state index in [1.807, 2.05) is 30.8 Å². The summed E-state index contributed by atoms with van der Waals surface area (Å²) in [6.07, 6.45) is 4.22. The number of rotatable bonds is 4. The van der Waals surface area contributed by atoms with Crippen molar-refractivity contribution in [1.82, 2.24) is 14.8 Å². The van der Waals surface area contributed by atoms with E-state index in [0.29, 0.717) is 12.6 Å². The van der Waals surface area contributed by atoms with Gasteiger partial charge in [-0.1, -0.05) is 0 Å². The van der Waals surface area contributed by atoms with Crippen molar-refractivity contribution in [3.8, 4) is 0 Å². The Morgan fingerprint density at radius 3 is 2.95 bits per heavy atom. The lowest BCUT2D eigenvalue weighted by atomic mass is 10.1. The van der Waals surface area contributed by atoms with Crippen molar-refractivity contribution < 1.29 is 4.79 Å². The van der Waals surface area contributed by atoms with Crippen LogP contribution in [0.1, 0.15) is 34.9 Å². The highest BCUT2D eigenvalue weighted by Crippen LogP contribution is 2.22. The Balaban J connectivity index is 1.73. The Morgan fingerprint density at radius 2 is 2.24 bits per heavy atom. The molecule has 112 valence electrons. The summed E-state index contributed by atoms with van der Waals surface area (Å²) in [7, 11) is 1.87. The Kier molecular flexibility index (Phi) is 4.41. The van der Waals surface area contributed by atoms with Crippen molar-refractivity contribution >= 4 is 17.2 Å². The lowest BCUT2D eigenvalue weighted by Gasteiger charge is -2.27. The van der Waals surface area contributed by atoms with Crippen LogP contribution in [0.25, 0.3) is 0 Å². The van der Waals surface area contributed by atoms with E-state index in [0.717, 1.165) is 31.6 Å². The monoisotopic (exact) mass is 303 g/mol. The molecule has 0 atom stereocenters. The molecule has 0 unspecified atom stereocenters. The zero-order valence-corrected chi connectivity index (χ0v) is 13.1. The topological polar surface area (TPSA) is 37.3 Å². The Bertz CT molecular complexity index is 584. The van der Waals surface area contributed by atoms with Crippen molar-refractivity contribution in [2.75, 3.05) is 20.1 Å². The number of nitrogens with one attached hydrogen (secondary N) is 1. The van der Waals surface area contributed by atoms with Gasteiger partial charge in [0.05, 0.1) is 0 Å². The van der Waals surface area contributed by atoms with E-state index in [9.17, 15) is 4.79 Å². The standard InChI is InChI=1S/C16H21N3OS/c1-18(11-13-6-10-21-12-13)16(20)15-3-2-9-19(15)14-4-7-17-8-5-14/h2-3,6,9-10,12,14,17H,4-5,7-8,11H2,1H3. The molecule has 1 saturated heterocycles. The SMILES string of the molecule is CN(Cc1ccsc1)C(=O)c1cccn1C1CCNCC1. The summed E-state index contributed by atoms with van der Waals surface area (Å²) in [6, 6.07) is 6.43. The lowest BCUT2D eigenvalue weighted by Crippen LogP contribution is -2.33. The van der Waals surface area contributed by atoms with Gasteiger partial charge in [0.2, 0.25) is 0 Å². The van der Waals surface area contributed by atoms with Gasteiger partial charge >= 0.3 is 0 Å². The molecule has 3 heterocycles. The molecule has 0 aromatic carbocycles. The van der Waals surface area contributed by atoms with Gasteiger partial charge in [-0.15, -0.1) is 0 Å². The quantitative estimate of drug-likeness (QED) is 0.943. The molecule has 21 heavy (non-hydrogen) atoms. The normalized spacial score (nSPS) is 16.0. The smallest absolute Gasteiger partial charge is 0.270 e. The van der Waals surface area contributed by atoms with Gasteiger partial charge in [-0.25, -0.2) is 0 Å². The highest BCUT2D eigenvalue weighted by Gasteiger charge is 2.21. The van der Waals surface area contributed by atoms with Gasteiger partial charge in [0.1, 0.15) is 5.69 Å². The molecule has 1 aliphatic heterocycles. The van der Waals surface area contributed by atoms with Crippen LogP contribution in [0.5, 0.6) is 0 Å². The second kappa shape index (κ2) is 6.45. The molecule has 2 aromatic heterocycles. The molecule has 1 fully saturated rings. The molecule has 1 aliphatic rings. The summed E-state index contributed by atoms with van der Waals surface area (Å²) in [6.45, 7) is 2.72. The molecule has 5 heteroatoms. The van der Waals surface area contributed by atoms with Gasteiger partial charge in [0.15, 0.2) is 0 Å². The summed E-state index contributed by atoms with van der Waals surface area (Å²) >= 11 is 1.67. The molecule has 0 radical (unpaired) electrons. The fourth-order valence-electron chi connectivity index (χ4n) is 2.90. The number of hydrogen-bond donors (Lipinski definition) is 1. The zero-order chi connectivity index (χ0) is 14.7. The number of amides is 1. The average molecular weight is 303 g/mol. The Labute approximate surface area is 129 Å².